The summed E-state index contributed by atoms with van der Waals surface area (Å²) in [4.78, 5) is 22.6. The van der Waals surface area contributed by atoms with Crippen LogP contribution in [0.1, 0.15) is 33.6 Å². The van der Waals surface area contributed by atoms with Gasteiger partial charge in [-0.15, -0.1) is 0 Å². The highest BCUT2D eigenvalue weighted by molar-refractivity contribution is 7.98. The molecule has 0 aliphatic carbocycles. The first-order chi connectivity index (χ1) is 10.4. The van der Waals surface area contributed by atoms with Gasteiger partial charge < -0.3 is 15.0 Å². The molecule has 2 rings (SSSR count). The van der Waals surface area contributed by atoms with E-state index in [0.717, 1.165) is 30.4 Å². The summed E-state index contributed by atoms with van der Waals surface area (Å²) in [5.41, 5.74) is -0.461. The van der Waals surface area contributed by atoms with Crippen molar-refractivity contribution >= 4 is 23.7 Å². The molecule has 1 fully saturated rings. The Morgan fingerprint density at radius 2 is 2.32 bits per heavy atom. The molecule has 0 unspecified atom stereocenters. The van der Waals surface area contributed by atoms with Crippen LogP contribution in [0.3, 0.4) is 0 Å². The maximum atomic E-state index is 12.2. The number of hydrogen-bond acceptors (Lipinski definition) is 6. The van der Waals surface area contributed by atoms with Crippen molar-refractivity contribution in [3.8, 4) is 0 Å². The number of nitrogens with zero attached hydrogens (tertiary/aromatic N) is 3. The Kier molecular flexibility index (Phi) is 5.50. The summed E-state index contributed by atoms with van der Waals surface area (Å²) in [7, 11) is 0. The van der Waals surface area contributed by atoms with Crippen LogP contribution in [0.2, 0.25) is 0 Å². The summed E-state index contributed by atoms with van der Waals surface area (Å²) in [6, 6.07) is 1.98. The van der Waals surface area contributed by atoms with Gasteiger partial charge in [0.1, 0.15) is 11.4 Å². The maximum absolute atomic E-state index is 12.2. The van der Waals surface area contributed by atoms with E-state index in [2.05, 4.69) is 15.3 Å². The first kappa shape index (κ1) is 16.9. The molecule has 0 radical (unpaired) electrons. The normalized spacial score (nSPS) is 18.4. The largest absolute Gasteiger partial charge is 0.444 e. The molecule has 7 heteroatoms. The Morgan fingerprint density at radius 3 is 3.00 bits per heavy atom. The van der Waals surface area contributed by atoms with Crippen LogP contribution >= 0.6 is 11.8 Å². The lowest BCUT2D eigenvalue weighted by Crippen LogP contribution is -2.42. The lowest BCUT2D eigenvalue weighted by molar-refractivity contribution is 0.0235. The molecule has 1 aliphatic rings. The predicted molar refractivity (Wildman–Crippen MR) is 88.3 cm³/mol. The van der Waals surface area contributed by atoms with Crippen molar-refractivity contribution in [2.75, 3.05) is 24.7 Å². The zero-order chi connectivity index (χ0) is 16.2. The van der Waals surface area contributed by atoms with Crippen LogP contribution in [0, 0.1) is 0 Å². The molecule has 2 heterocycles. The van der Waals surface area contributed by atoms with Crippen LogP contribution in [0.4, 0.5) is 10.6 Å². The number of thioether (sulfide) groups is 1. The molecule has 1 aliphatic heterocycles. The van der Waals surface area contributed by atoms with Gasteiger partial charge in [-0.25, -0.2) is 14.8 Å². The monoisotopic (exact) mass is 324 g/mol. The zero-order valence-electron chi connectivity index (χ0n) is 13.6. The smallest absolute Gasteiger partial charge is 0.410 e. The van der Waals surface area contributed by atoms with E-state index in [-0.39, 0.29) is 12.1 Å². The molecule has 1 aromatic heterocycles. The Hall–Kier alpha value is -1.50. The van der Waals surface area contributed by atoms with Crippen LogP contribution in [0.5, 0.6) is 0 Å². The summed E-state index contributed by atoms with van der Waals surface area (Å²) in [5, 5.41) is 4.03. The number of rotatable bonds is 4. The Labute approximate surface area is 136 Å². The van der Waals surface area contributed by atoms with Crippen molar-refractivity contribution in [3.63, 3.8) is 0 Å². The molecule has 0 aromatic carbocycles. The first-order valence-corrected chi connectivity index (χ1v) is 8.72. The summed E-state index contributed by atoms with van der Waals surface area (Å²) in [6.45, 7) is 7.09. The summed E-state index contributed by atoms with van der Waals surface area (Å²) in [5.74, 6) is 0.787. The predicted octanol–water partition coefficient (Wildman–Crippen LogP) is 3.01. The molecular weight excluding hydrogens is 300 g/mol. The van der Waals surface area contributed by atoms with E-state index in [1.165, 1.54) is 11.8 Å². The van der Waals surface area contributed by atoms with E-state index in [1.54, 1.807) is 6.20 Å². The summed E-state index contributed by atoms with van der Waals surface area (Å²) in [6.07, 6.45) is 5.43. The molecule has 1 atom stereocenters. The van der Waals surface area contributed by atoms with Crippen molar-refractivity contribution in [3.05, 3.63) is 12.3 Å². The second kappa shape index (κ2) is 7.17. The Balaban J connectivity index is 1.92. The first-order valence-electron chi connectivity index (χ1n) is 7.49. The van der Waals surface area contributed by atoms with Crippen LogP contribution in [-0.4, -0.2) is 51.9 Å². The van der Waals surface area contributed by atoms with E-state index in [9.17, 15) is 4.79 Å². The van der Waals surface area contributed by atoms with E-state index >= 15 is 0 Å². The number of carbonyl (C=O) groups excluding carboxylic acids is 1. The average Bonchev–Trinajstić information content (AvgIpc) is 2.92. The van der Waals surface area contributed by atoms with Crippen LogP contribution in [0.15, 0.2) is 17.4 Å². The highest BCUT2D eigenvalue weighted by atomic mass is 32.2. The number of carbonyl (C=O) groups is 1. The van der Waals surface area contributed by atoms with E-state index in [4.69, 9.17) is 4.74 Å². The van der Waals surface area contributed by atoms with Gasteiger partial charge in [0.2, 0.25) is 0 Å². The van der Waals surface area contributed by atoms with E-state index < -0.39 is 5.60 Å². The van der Waals surface area contributed by atoms with Gasteiger partial charge in [0.25, 0.3) is 0 Å². The van der Waals surface area contributed by atoms with Crippen LogP contribution in [0.25, 0.3) is 0 Å². The third-order valence-corrected chi connectivity index (χ3v) is 3.90. The van der Waals surface area contributed by atoms with Crippen molar-refractivity contribution in [1.82, 2.24) is 14.9 Å². The lowest BCUT2D eigenvalue weighted by atomic mass is 10.2. The average molecular weight is 324 g/mol. The molecule has 0 spiro atoms. The molecule has 1 amide bonds. The van der Waals surface area contributed by atoms with Gasteiger partial charge in [-0.1, -0.05) is 11.8 Å². The van der Waals surface area contributed by atoms with E-state index in [0.29, 0.717) is 6.54 Å². The lowest BCUT2D eigenvalue weighted by Gasteiger charge is -2.28. The standard InChI is InChI=1S/C15H24N4O2S/c1-15(2,3)21-14(20)19-9-5-6-11(19)10-17-12-7-8-16-13(18-12)22-4/h7-8,11H,5-6,9-10H2,1-4H3,(H,16,17,18)/t11-/m0/s1. The molecule has 1 saturated heterocycles. The number of anilines is 1. The van der Waals surface area contributed by atoms with E-state index in [1.807, 2.05) is 38.0 Å². The second-order valence-electron chi connectivity index (χ2n) is 6.28. The minimum Gasteiger partial charge on any atom is -0.444 e. The fraction of sp³-hybridized carbons (Fsp3) is 0.667. The molecule has 22 heavy (non-hydrogen) atoms. The van der Waals surface area contributed by atoms with Crippen molar-refractivity contribution in [2.24, 2.45) is 0 Å². The quantitative estimate of drug-likeness (QED) is 0.678. The molecule has 0 bridgehead atoms. The number of aromatic nitrogens is 2. The van der Waals surface area contributed by atoms with Gasteiger partial charge in [0.05, 0.1) is 6.04 Å². The maximum Gasteiger partial charge on any atom is 0.410 e. The van der Waals surface area contributed by atoms with Gasteiger partial charge in [-0.2, -0.15) is 0 Å². The molecule has 1 N–H and O–H groups in total. The molecular formula is C15H24N4O2S. The zero-order valence-corrected chi connectivity index (χ0v) is 14.4. The minimum atomic E-state index is -0.461. The molecule has 1 aromatic rings. The number of amides is 1. The van der Waals surface area contributed by atoms with Crippen molar-refractivity contribution < 1.29 is 9.53 Å². The Morgan fingerprint density at radius 1 is 1.55 bits per heavy atom. The highest BCUT2D eigenvalue weighted by Gasteiger charge is 2.31. The van der Waals surface area contributed by atoms with Gasteiger partial charge in [0.15, 0.2) is 5.16 Å². The number of hydrogen-bond donors (Lipinski definition) is 1. The van der Waals surface area contributed by atoms with Crippen molar-refractivity contribution in [1.29, 1.82) is 0 Å². The topological polar surface area (TPSA) is 67.4 Å². The van der Waals surface area contributed by atoms with Crippen LogP contribution in [-0.2, 0) is 4.74 Å². The fourth-order valence-corrected chi connectivity index (χ4v) is 2.72. The Bertz CT molecular complexity index is 519. The van der Waals surface area contributed by atoms with Crippen LogP contribution < -0.4 is 5.32 Å². The highest BCUT2D eigenvalue weighted by Crippen LogP contribution is 2.21. The summed E-state index contributed by atoms with van der Waals surface area (Å²) >= 11 is 1.51. The van der Waals surface area contributed by atoms with Crippen molar-refractivity contribution in [2.45, 2.75) is 50.4 Å². The van der Waals surface area contributed by atoms with Gasteiger partial charge in [-0.05, 0) is 45.9 Å². The molecule has 6 nitrogen and oxygen atoms in total. The number of ether oxygens (including phenoxy) is 1. The number of likely N-dealkylation sites (tertiary alicyclic amines) is 1. The third-order valence-electron chi connectivity index (χ3n) is 3.34. The fourth-order valence-electron chi connectivity index (χ4n) is 2.37. The third kappa shape index (κ3) is 4.76. The van der Waals surface area contributed by atoms with Gasteiger partial charge in [0, 0.05) is 19.3 Å². The molecule has 122 valence electrons. The second-order valence-corrected chi connectivity index (χ2v) is 7.05. The number of nitrogens with one attached hydrogen (secondary N) is 1. The van der Waals surface area contributed by atoms with Gasteiger partial charge >= 0.3 is 6.09 Å². The molecule has 0 saturated carbocycles. The van der Waals surface area contributed by atoms with Gasteiger partial charge in [-0.3, -0.25) is 0 Å². The minimum absolute atomic E-state index is 0.141. The summed E-state index contributed by atoms with van der Waals surface area (Å²) < 4.78 is 5.47. The SMILES string of the molecule is CSc1nccc(NC[C@@H]2CCCN2C(=O)OC(C)(C)C)n1.